The molecule has 0 amide bonds. The van der Waals surface area contributed by atoms with Crippen LogP contribution < -0.4 is 15.4 Å². The van der Waals surface area contributed by atoms with Crippen LogP contribution in [0, 0.1) is 0 Å². The topological polar surface area (TPSA) is 64.3 Å². The molecule has 82 valence electrons. The lowest BCUT2D eigenvalue weighted by Gasteiger charge is -2.17. The molecule has 1 fully saturated rings. The van der Waals surface area contributed by atoms with E-state index in [2.05, 4.69) is 14.9 Å². The molecule has 1 aromatic rings. The van der Waals surface area contributed by atoms with Gasteiger partial charge in [-0.2, -0.15) is 9.97 Å². The van der Waals surface area contributed by atoms with Gasteiger partial charge in [-0.1, -0.05) is 0 Å². The Hall–Kier alpha value is -1.36. The van der Waals surface area contributed by atoms with E-state index >= 15 is 0 Å². The Morgan fingerprint density at radius 3 is 2.73 bits per heavy atom. The molecular weight excluding hydrogens is 192 g/mol. The summed E-state index contributed by atoms with van der Waals surface area (Å²) in [6.45, 7) is 2.54. The molecule has 1 aliphatic heterocycles. The van der Waals surface area contributed by atoms with E-state index < -0.39 is 0 Å². The summed E-state index contributed by atoms with van der Waals surface area (Å²) in [6, 6.07) is 2.34. The predicted octanol–water partition coefficient (Wildman–Crippen LogP) is 0.544. The smallest absolute Gasteiger partial charge is 0.318 e. The minimum Gasteiger partial charge on any atom is -0.467 e. The molecule has 1 aliphatic rings. The molecule has 1 aromatic heterocycles. The Kier molecular flexibility index (Phi) is 3.01. The molecule has 0 aromatic carbocycles. The third-order valence-electron chi connectivity index (χ3n) is 2.57. The number of ether oxygens (including phenoxy) is 1. The lowest BCUT2D eigenvalue weighted by atomic mass is 10.4. The number of hydrogen-bond donors (Lipinski definition) is 1. The molecule has 2 heterocycles. The maximum Gasteiger partial charge on any atom is 0.318 e. The van der Waals surface area contributed by atoms with Crippen LogP contribution in [0.25, 0.3) is 0 Å². The van der Waals surface area contributed by atoms with E-state index in [1.54, 1.807) is 7.11 Å². The summed E-state index contributed by atoms with van der Waals surface area (Å²) in [5.41, 5.74) is 6.40. The van der Waals surface area contributed by atoms with Crippen LogP contribution in [0.1, 0.15) is 18.5 Å². The van der Waals surface area contributed by atoms with Gasteiger partial charge in [-0.25, -0.2) is 0 Å². The van der Waals surface area contributed by atoms with Crippen LogP contribution in [-0.2, 0) is 6.54 Å². The van der Waals surface area contributed by atoms with Crippen LogP contribution in [0.5, 0.6) is 6.01 Å². The quantitative estimate of drug-likeness (QED) is 0.785. The number of methoxy groups -OCH3 is 1. The maximum absolute atomic E-state index is 5.58. The number of aromatic nitrogens is 2. The second-order valence-electron chi connectivity index (χ2n) is 3.60. The van der Waals surface area contributed by atoms with Crippen molar-refractivity contribution in [1.82, 2.24) is 9.97 Å². The van der Waals surface area contributed by atoms with Crippen molar-refractivity contribution in [3.63, 3.8) is 0 Å². The SMILES string of the molecule is COc1nc(CN)cc(N2CCCC2)n1. The van der Waals surface area contributed by atoms with Crippen molar-refractivity contribution >= 4 is 5.82 Å². The third-order valence-corrected chi connectivity index (χ3v) is 2.57. The van der Waals surface area contributed by atoms with Gasteiger partial charge in [0, 0.05) is 25.7 Å². The Balaban J connectivity index is 2.28. The third kappa shape index (κ3) is 2.18. The van der Waals surface area contributed by atoms with Crippen molar-refractivity contribution in [2.75, 3.05) is 25.1 Å². The van der Waals surface area contributed by atoms with Crippen LogP contribution in [0.3, 0.4) is 0 Å². The van der Waals surface area contributed by atoms with Crippen LogP contribution in [0.4, 0.5) is 5.82 Å². The van der Waals surface area contributed by atoms with Crippen molar-refractivity contribution in [3.05, 3.63) is 11.8 Å². The normalized spacial score (nSPS) is 15.7. The number of anilines is 1. The first-order valence-corrected chi connectivity index (χ1v) is 5.20. The molecule has 15 heavy (non-hydrogen) atoms. The minimum absolute atomic E-state index is 0.403. The highest BCUT2D eigenvalue weighted by molar-refractivity contribution is 5.41. The zero-order chi connectivity index (χ0) is 10.7. The van der Waals surface area contributed by atoms with Crippen LogP contribution in [-0.4, -0.2) is 30.2 Å². The second-order valence-corrected chi connectivity index (χ2v) is 3.60. The Morgan fingerprint density at radius 2 is 2.13 bits per heavy atom. The van der Waals surface area contributed by atoms with Gasteiger partial charge >= 0.3 is 6.01 Å². The first kappa shape index (κ1) is 10.2. The van der Waals surface area contributed by atoms with Gasteiger partial charge in [-0.05, 0) is 12.8 Å². The van der Waals surface area contributed by atoms with E-state index in [1.807, 2.05) is 6.07 Å². The number of rotatable bonds is 3. The van der Waals surface area contributed by atoms with Crippen LogP contribution in [0.15, 0.2) is 6.07 Å². The molecule has 0 unspecified atom stereocenters. The zero-order valence-electron chi connectivity index (χ0n) is 8.94. The van der Waals surface area contributed by atoms with Gasteiger partial charge in [0.2, 0.25) is 0 Å². The first-order valence-electron chi connectivity index (χ1n) is 5.20. The van der Waals surface area contributed by atoms with Gasteiger partial charge in [0.15, 0.2) is 0 Å². The molecule has 5 heteroatoms. The van der Waals surface area contributed by atoms with E-state index in [-0.39, 0.29) is 0 Å². The number of nitrogens with zero attached hydrogens (tertiary/aromatic N) is 3. The van der Waals surface area contributed by atoms with Gasteiger partial charge in [0.25, 0.3) is 0 Å². The van der Waals surface area contributed by atoms with E-state index in [0.29, 0.717) is 12.6 Å². The van der Waals surface area contributed by atoms with Gasteiger partial charge in [-0.3, -0.25) is 0 Å². The molecule has 0 aliphatic carbocycles. The number of hydrogen-bond acceptors (Lipinski definition) is 5. The lowest BCUT2D eigenvalue weighted by molar-refractivity contribution is 0.378. The van der Waals surface area contributed by atoms with Crippen molar-refractivity contribution in [1.29, 1.82) is 0 Å². The highest BCUT2D eigenvalue weighted by Gasteiger charge is 2.15. The molecule has 0 atom stereocenters. The average molecular weight is 208 g/mol. The fourth-order valence-corrected chi connectivity index (χ4v) is 1.76. The van der Waals surface area contributed by atoms with Crippen molar-refractivity contribution in [2.24, 2.45) is 5.73 Å². The highest BCUT2D eigenvalue weighted by Crippen LogP contribution is 2.20. The summed E-state index contributed by atoms with van der Waals surface area (Å²) < 4.78 is 5.05. The molecule has 0 spiro atoms. The van der Waals surface area contributed by atoms with Crippen LogP contribution in [0.2, 0.25) is 0 Å². The summed E-state index contributed by atoms with van der Waals surface area (Å²) >= 11 is 0. The maximum atomic E-state index is 5.58. The molecule has 2 N–H and O–H groups in total. The van der Waals surface area contributed by atoms with Crippen molar-refractivity contribution in [3.8, 4) is 6.01 Å². The summed E-state index contributed by atoms with van der Waals surface area (Å²) in [5, 5.41) is 0. The average Bonchev–Trinajstić information content (AvgIpc) is 2.81. The van der Waals surface area contributed by atoms with Crippen molar-refractivity contribution in [2.45, 2.75) is 19.4 Å². The van der Waals surface area contributed by atoms with E-state index in [9.17, 15) is 0 Å². The Bertz CT molecular complexity index is 314. The minimum atomic E-state index is 0.403. The summed E-state index contributed by atoms with van der Waals surface area (Å²) in [4.78, 5) is 10.7. The standard InChI is InChI=1S/C10H16N4O/c1-15-10-12-8(7-11)6-9(13-10)14-4-2-3-5-14/h6H,2-5,7,11H2,1H3. The molecule has 0 saturated carbocycles. The van der Waals surface area contributed by atoms with E-state index in [4.69, 9.17) is 10.5 Å². The summed E-state index contributed by atoms with van der Waals surface area (Å²) in [5.74, 6) is 0.930. The molecule has 5 nitrogen and oxygen atoms in total. The van der Waals surface area contributed by atoms with Crippen LogP contribution >= 0.6 is 0 Å². The van der Waals surface area contributed by atoms with Gasteiger partial charge < -0.3 is 15.4 Å². The summed E-state index contributed by atoms with van der Waals surface area (Å²) in [7, 11) is 1.57. The summed E-state index contributed by atoms with van der Waals surface area (Å²) in [6.07, 6.45) is 2.45. The zero-order valence-corrected chi connectivity index (χ0v) is 8.94. The fraction of sp³-hybridized carbons (Fsp3) is 0.600. The Morgan fingerprint density at radius 1 is 1.40 bits per heavy atom. The van der Waals surface area contributed by atoms with Gasteiger partial charge in [-0.15, -0.1) is 0 Å². The van der Waals surface area contributed by atoms with Gasteiger partial charge in [0.1, 0.15) is 5.82 Å². The lowest BCUT2D eigenvalue weighted by Crippen LogP contribution is -2.20. The fourth-order valence-electron chi connectivity index (χ4n) is 1.76. The molecule has 2 rings (SSSR count). The van der Waals surface area contributed by atoms with E-state index in [1.165, 1.54) is 12.8 Å². The van der Waals surface area contributed by atoms with Gasteiger partial charge in [0.05, 0.1) is 12.8 Å². The predicted molar refractivity (Wildman–Crippen MR) is 57.9 cm³/mol. The Labute approximate surface area is 89.3 Å². The molecular formula is C10H16N4O. The number of nitrogens with two attached hydrogens (primary N) is 1. The monoisotopic (exact) mass is 208 g/mol. The molecule has 1 saturated heterocycles. The molecule has 0 bridgehead atoms. The largest absolute Gasteiger partial charge is 0.467 e. The highest BCUT2D eigenvalue weighted by atomic mass is 16.5. The van der Waals surface area contributed by atoms with E-state index in [0.717, 1.165) is 24.6 Å². The first-order chi connectivity index (χ1) is 7.33. The second kappa shape index (κ2) is 4.44. The van der Waals surface area contributed by atoms with Crippen molar-refractivity contribution < 1.29 is 4.74 Å². The molecule has 0 radical (unpaired) electrons.